The van der Waals surface area contributed by atoms with Crippen LogP contribution in [0.1, 0.15) is 11.6 Å². The van der Waals surface area contributed by atoms with E-state index >= 15 is 0 Å². The van der Waals surface area contributed by atoms with E-state index in [-0.39, 0.29) is 17.1 Å². The second-order valence-corrected chi connectivity index (χ2v) is 4.03. The van der Waals surface area contributed by atoms with Crippen LogP contribution in [0.4, 0.5) is 8.78 Å². The predicted molar refractivity (Wildman–Crippen MR) is 67.4 cm³/mol. The summed E-state index contributed by atoms with van der Waals surface area (Å²) in [4.78, 5) is 10.9. The van der Waals surface area contributed by atoms with Gasteiger partial charge >= 0.3 is 5.97 Å². The van der Waals surface area contributed by atoms with Crippen molar-refractivity contribution in [3.63, 3.8) is 0 Å². The van der Waals surface area contributed by atoms with Crippen molar-refractivity contribution in [2.24, 2.45) is 5.73 Å². The lowest BCUT2D eigenvalue weighted by Gasteiger charge is -2.13. The molecule has 0 saturated heterocycles. The van der Waals surface area contributed by atoms with Crippen LogP contribution in [-0.4, -0.2) is 11.1 Å². The Balaban J connectivity index is 2.33. The zero-order valence-corrected chi connectivity index (χ0v) is 10.2. The predicted octanol–water partition coefficient (Wildman–Crippen LogP) is 2.84. The molecule has 20 heavy (non-hydrogen) atoms. The lowest BCUT2D eigenvalue weighted by Crippen LogP contribution is -2.21. The number of para-hydroxylation sites is 1. The molecular weight excluding hydrogens is 268 g/mol. The Labute approximate surface area is 113 Å². The van der Waals surface area contributed by atoms with Crippen molar-refractivity contribution in [1.82, 2.24) is 0 Å². The second-order valence-electron chi connectivity index (χ2n) is 4.03. The van der Waals surface area contributed by atoms with E-state index in [4.69, 9.17) is 15.6 Å². The molecule has 0 aliphatic rings. The minimum atomic E-state index is -1.27. The fourth-order valence-corrected chi connectivity index (χ4v) is 1.63. The van der Waals surface area contributed by atoms with Crippen molar-refractivity contribution < 1.29 is 23.4 Å². The van der Waals surface area contributed by atoms with Crippen LogP contribution in [0.2, 0.25) is 0 Å². The number of halogens is 2. The molecule has 0 amide bonds. The molecule has 0 fully saturated rings. The molecule has 0 aromatic heterocycles. The van der Waals surface area contributed by atoms with Crippen LogP contribution in [0, 0.1) is 11.6 Å². The maximum Gasteiger partial charge on any atom is 0.325 e. The molecule has 2 rings (SSSR count). The van der Waals surface area contributed by atoms with E-state index in [1.54, 1.807) is 12.1 Å². The first kappa shape index (κ1) is 14.0. The fourth-order valence-electron chi connectivity index (χ4n) is 1.63. The third-order valence-electron chi connectivity index (χ3n) is 2.64. The van der Waals surface area contributed by atoms with Crippen LogP contribution in [0.3, 0.4) is 0 Å². The molecular formula is C14H11F2NO3. The molecule has 6 heteroatoms. The maximum absolute atomic E-state index is 13.1. The lowest BCUT2D eigenvalue weighted by atomic mass is 10.1. The van der Waals surface area contributed by atoms with Gasteiger partial charge in [-0.2, -0.15) is 0 Å². The highest BCUT2D eigenvalue weighted by Crippen LogP contribution is 2.29. The van der Waals surface area contributed by atoms with Crippen molar-refractivity contribution >= 4 is 5.97 Å². The summed E-state index contributed by atoms with van der Waals surface area (Å²) in [5.41, 5.74) is 5.77. The average Bonchev–Trinajstić information content (AvgIpc) is 2.42. The van der Waals surface area contributed by atoms with Crippen molar-refractivity contribution in [3.05, 3.63) is 59.7 Å². The van der Waals surface area contributed by atoms with E-state index < -0.39 is 23.6 Å². The molecule has 0 unspecified atom stereocenters. The van der Waals surface area contributed by atoms with Gasteiger partial charge in [-0.3, -0.25) is 4.79 Å². The van der Waals surface area contributed by atoms with E-state index in [0.29, 0.717) is 0 Å². The third-order valence-corrected chi connectivity index (χ3v) is 2.64. The maximum atomic E-state index is 13.1. The zero-order valence-electron chi connectivity index (χ0n) is 10.2. The summed E-state index contributed by atoms with van der Waals surface area (Å²) in [7, 11) is 0. The largest absolute Gasteiger partial charge is 0.480 e. The first-order chi connectivity index (χ1) is 9.49. The van der Waals surface area contributed by atoms with Crippen molar-refractivity contribution in [2.45, 2.75) is 6.04 Å². The normalized spacial score (nSPS) is 11.9. The van der Waals surface area contributed by atoms with Gasteiger partial charge in [0.1, 0.15) is 17.5 Å². The van der Waals surface area contributed by atoms with Crippen molar-refractivity contribution in [1.29, 1.82) is 0 Å². The van der Waals surface area contributed by atoms with Crippen LogP contribution >= 0.6 is 0 Å². The summed E-state index contributed by atoms with van der Waals surface area (Å²) in [5, 5.41) is 8.92. The van der Waals surface area contributed by atoms with Crippen LogP contribution in [0.25, 0.3) is 0 Å². The van der Waals surface area contributed by atoms with Gasteiger partial charge in [-0.25, -0.2) is 8.78 Å². The van der Waals surface area contributed by atoms with E-state index in [2.05, 4.69) is 0 Å². The highest BCUT2D eigenvalue weighted by molar-refractivity contribution is 5.76. The van der Waals surface area contributed by atoms with Gasteiger partial charge in [0.05, 0.1) is 0 Å². The van der Waals surface area contributed by atoms with Gasteiger partial charge < -0.3 is 15.6 Å². The number of carbonyl (C=O) groups is 1. The number of nitrogens with two attached hydrogens (primary N) is 1. The molecule has 0 saturated carbocycles. The topological polar surface area (TPSA) is 72.6 Å². The Hall–Kier alpha value is -2.47. The van der Waals surface area contributed by atoms with Gasteiger partial charge in [-0.1, -0.05) is 18.2 Å². The number of carboxylic acids is 1. The molecule has 104 valence electrons. The first-order valence-electron chi connectivity index (χ1n) is 5.69. The average molecular weight is 279 g/mol. The molecule has 0 aliphatic heterocycles. The van der Waals surface area contributed by atoms with E-state index in [9.17, 15) is 13.6 Å². The van der Waals surface area contributed by atoms with Gasteiger partial charge in [-0.05, 0) is 18.2 Å². The van der Waals surface area contributed by atoms with E-state index in [1.165, 1.54) is 18.2 Å². The molecule has 0 spiro atoms. The molecule has 2 aromatic carbocycles. The molecule has 3 N–H and O–H groups in total. The van der Waals surface area contributed by atoms with Crippen LogP contribution in [0.5, 0.6) is 11.5 Å². The Morgan fingerprint density at radius 3 is 2.50 bits per heavy atom. The van der Waals surface area contributed by atoms with Crippen LogP contribution in [0.15, 0.2) is 42.5 Å². The Morgan fingerprint density at radius 2 is 1.85 bits per heavy atom. The monoisotopic (exact) mass is 279 g/mol. The number of ether oxygens (including phenoxy) is 1. The van der Waals surface area contributed by atoms with Gasteiger partial charge in [0, 0.05) is 11.6 Å². The standard InChI is InChI=1S/C14H11F2NO3/c15-10-6-5-8(7-11(10)16)20-12-4-2-1-3-9(12)13(17)14(18)19/h1-7,13H,17H2,(H,18,19)/t13-/m0/s1. The highest BCUT2D eigenvalue weighted by atomic mass is 19.2. The lowest BCUT2D eigenvalue weighted by molar-refractivity contribution is -0.138. The molecule has 0 bridgehead atoms. The summed E-state index contributed by atoms with van der Waals surface area (Å²) in [6.07, 6.45) is 0. The van der Waals surface area contributed by atoms with Gasteiger partial charge in [0.2, 0.25) is 0 Å². The summed E-state index contributed by atoms with van der Waals surface area (Å²) in [5.74, 6) is -3.04. The zero-order chi connectivity index (χ0) is 14.7. The molecule has 2 aromatic rings. The minimum absolute atomic E-state index is 0.0499. The highest BCUT2D eigenvalue weighted by Gasteiger charge is 2.19. The first-order valence-corrected chi connectivity index (χ1v) is 5.69. The molecule has 0 radical (unpaired) electrons. The third kappa shape index (κ3) is 2.92. The van der Waals surface area contributed by atoms with Gasteiger partial charge in [-0.15, -0.1) is 0 Å². The quantitative estimate of drug-likeness (QED) is 0.902. The van der Waals surface area contributed by atoms with Gasteiger partial charge in [0.25, 0.3) is 0 Å². The smallest absolute Gasteiger partial charge is 0.325 e. The number of aliphatic carboxylic acids is 1. The number of rotatable bonds is 4. The number of hydrogen-bond donors (Lipinski definition) is 2. The molecule has 4 nitrogen and oxygen atoms in total. The van der Waals surface area contributed by atoms with E-state index in [1.807, 2.05) is 0 Å². The Morgan fingerprint density at radius 1 is 1.15 bits per heavy atom. The fraction of sp³-hybridized carbons (Fsp3) is 0.0714. The second kappa shape index (κ2) is 5.66. The van der Waals surface area contributed by atoms with Gasteiger partial charge in [0.15, 0.2) is 11.6 Å². The van der Waals surface area contributed by atoms with E-state index in [0.717, 1.165) is 12.1 Å². The van der Waals surface area contributed by atoms with Crippen molar-refractivity contribution in [2.75, 3.05) is 0 Å². The van der Waals surface area contributed by atoms with Crippen molar-refractivity contribution in [3.8, 4) is 11.5 Å². The summed E-state index contributed by atoms with van der Waals surface area (Å²) in [6.45, 7) is 0. The SMILES string of the molecule is N[C@H](C(=O)O)c1ccccc1Oc1ccc(F)c(F)c1. The van der Waals surface area contributed by atoms with Crippen LogP contribution in [-0.2, 0) is 4.79 Å². The number of hydrogen-bond acceptors (Lipinski definition) is 3. The number of benzene rings is 2. The van der Waals surface area contributed by atoms with Crippen LogP contribution < -0.4 is 10.5 Å². The molecule has 0 aliphatic carbocycles. The summed E-state index contributed by atoms with van der Waals surface area (Å²) >= 11 is 0. The summed E-state index contributed by atoms with van der Waals surface area (Å²) < 4.78 is 31.3. The molecule has 0 heterocycles. The Kier molecular flexibility index (Phi) is 3.95. The minimum Gasteiger partial charge on any atom is -0.480 e. The summed E-state index contributed by atoms with van der Waals surface area (Å²) in [6, 6.07) is 7.98. The Bertz CT molecular complexity index is 646. The number of carboxylic acid groups (broad SMARTS) is 1. The molecule has 1 atom stereocenters.